The van der Waals surface area contributed by atoms with Gasteiger partial charge in [0.15, 0.2) is 0 Å². The summed E-state index contributed by atoms with van der Waals surface area (Å²) in [6.45, 7) is 4.38. The predicted octanol–water partition coefficient (Wildman–Crippen LogP) is 4.30. The summed E-state index contributed by atoms with van der Waals surface area (Å²) >= 11 is 0. The number of aromatic amines is 1. The normalized spacial score (nSPS) is 12.5. The quantitative estimate of drug-likeness (QED) is 0.731. The number of fused-ring (bicyclic) bond motifs is 1. The van der Waals surface area contributed by atoms with Crippen LogP contribution >= 0.6 is 0 Å². The molecule has 0 saturated carbocycles. The van der Waals surface area contributed by atoms with Gasteiger partial charge >= 0.3 is 0 Å². The minimum absolute atomic E-state index is 0.440. The van der Waals surface area contributed by atoms with Crippen molar-refractivity contribution in [2.45, 2.75) is 32.7 Å². The predicted molar refractivity (Wildman–Crippen MR) is 88.7 cm³/mol. The van der Waals surface area contributed by atoms with Gasteiger partial charge in [0.2, 0.25) is 0 Å². The summed E-state index contributed by atoms with van der Waals surface area (Å²) < 4.78 is 0. The second-order valence-corrected chi connectivity index (χ2v) is 5.75. The van der Waals surface area contributed by atoms with E-state index in [9.17, 15) is 0 Å². The second-order valence-electron chi connectivity index (χ2n) is 5.75. The average molecular weight is 279 g/mol. The van der Waals surface area contributed by atoms with E-state index in [4.69, 9.17) is 0 Å². The first-order valence-corrected chi connectivity index (χ1v) is 7.46. The number of aryl methyl sites for hydroxylation is 2. The molecule has 0 aliphatic carbocycles. The molecule has 3 aromatic rings. The van der Waals surface area contributed by atoms with E-state index in [0.717, 1.165) is 29.4 Å². The minimum Gasteiger partial charge on any atom is -0.383 e. The zero-order valence-electron chi connectivity index (χ0n) is 12.6. The zero-order chi connectivity index (χ0) is 14.7. The van der Waals surface area contributed by atoms with E-state index in [2.05, 4.69) is 71.8 Å². The molecule has 1 heterocycles. The lowest BCUT2D eigenvalue weighted by Crippen LogP contribution is -2.15. The molecule has 21 heavy (non-hydrogen) atoms. The number of nitrogens with zero attached hydrogens (tertiary/aromatic N) is 1. The Balaban J connectivity index is 1.59. The van der Waals surface area contributed by atoms with Crippen LogP contribution in [0.5, 0.6) is 0 Å². The first-order valence-electron chi connectivity index (χ1n) is 7.46. The van der Waals surface area contributed by atoms with Gasteiger partial charge in [-0.25, -0.2) is 0 Å². The highest BCUT2D eigenvalue weighted by molar-refractivity contribution is 5.81. The van der Waals surface area contributed by atoms with Crippen LogP contribution in [0.3, 0.4) is 0 Å². The molecule has 1 atom stereocenters. The lowest BCUT2D eigenvalue weighted by molar-refractivity contribution is 0.706. The number of hydrogen-bond acceptors (Lipinski definition) is 2. The summed E-state index contributed by atoms with van der Waals surface area (Å²) in [7, 11) is 0. The van der Waals surface area contributed by atoms with E-state index in [-0.39, 0.29) is 0 Å². The van der Waals surface area contributed by atoms with Gasteiger partial charge in [0.25, 0.3) is 0 Å². The molecule has 0 aliphatic rings. The van der Waals surface area contributed by atoms with Crippen LogP contribution in [0.4, 0.5) is 5.69 Å². The SMILES string of the molecule is Cc1cccc(CCC(C)Nc2ccc3[nH]ncc3c2)c1. The van der Waals surface area contributed by atoms with Crippen LogP contribution in [0, 0.1) is 6.92 Å². The molecule has 1 aromatic heterocycles. The summed E-state index contributed by atoms with van der Waals surface area (Å²) in [6, 6.07) is 15.5. The van der Waals surface area contributed by atoms with Crippen LogP contribution in [0.15, 0.2) is 48.7 Å². The Kier molecular flexibility index (Phi) is 3.91. The van der Waals surface area contributed by atoms with Crippen LogP contribution in [0.1, 0.15) is 24.5 Å². The van der Waals surface area contributed by atoms with Gasteiger partial charge in [-0.05, 0) is 50.5 Å². The Bertz CT molecular complexity index is 730. The molecule has 0 bridgehead atoms. The van der Waals surface area contributed by atoms with E-state index in [1.54, 1.807) is 0 Å². The molecule has 0 spiro atoms. The fourth-order valence-corrected chi connectivity index (χ4v) is 2.64. The van der Waals surface area contributed by atoms with Crippen LogP contribution in [0.25, 0.3) is 10.9 Å². The van der Waals surface area contributed by atoms with Crippen LogP contribution < -0.4 is 5.32 Å². The maximum Gasteiger partial charge on any atom is 0.0651 e. The molecular weight excluding hydrogens is 258 g/mol. The molecule has 0 amide bonds. The van der Waals surface area contributed by atoms with Crippen molar-refractivity contribution in [1.82, 2.24) is 10.2 Å². The van der Waals surface area contributed by atoms with E-state index < -0.39 is 0 Å². The van der Waals surface area contributed by atoms with Gasteiger partial charge in [0.05, 0.1) is 11.7 Å². The molecule has 2 N–H and O–H groups in total. The van der Waals surface area contributed by atoms with Gasteiger partial charge in [0.1, 0.15) is 0 Å². The first-order chi connectivity index (χ1) is 10.2. The third-order valence-corrected chi connectivity index (χ3v) is 3.80. The smallest absolute Gasteiger partial charge is 0.0651 e. The van der Waals surface area contributed by atoms with Gasteiger partial charge in [0, 0.05) is 17.1 Å². The molecule has 3 rings (SSSR count). The van der Waals surface area contributed by atoms with Crippen molar-refractivity contribution < 1.29 is 0 Å². The fourth-order valence-electron chi connectivity index (χ4n) is 2.64. The minimum atomic E-state index is 0.440. The Labute approximate surface area is 125 Å². The molecule has 0 saturated heterocycles. The maximum atomic E-state index is 4.05. The van der Waals surface area contributed by atoms with Crippen molar-refractivity contribution >= 4 is 16.6 Å². The van der Waals surface area contributed by atoms with Crippen molar-refractivity contribution in [3.63, 3.8) is 0 Å². The third-order valence-electron chi connectivity index (χ3n) is 3.80. The average Bonchev–Trinajstić information content (AvgIpc) is 2.93. The summed E-state index contributed by atoms with van der Waals surface area (Å²) in [5, 5.41) is 11.7. The number of aromatic nitrogens is 2. The first kappa shape index (κ1) is 13.7. The number of benzene rings is 2. The zero-order valence-corrected chi connectivity index (χ0v) is 12.6. The number of H-pyrrole nitrogens is 1. The van der Waals surface area contributed by atoms with Gasteiger partial charge in [-0.15, -0.1) is 0 Å². The van der Waals surface area contributed by atoms with Crippen molar-refractivity contribution in [1.29, 1.82) is 0 Å². The molecule has 3 nitrogen and oxygen atoms in total. The number of hydrogen-bond donors (Lipinski definition) is 2. The highest BCUT2D eigenvalue weighted by Gasteiger charge is 2.04. The third kappa shape index (κ3) is 3.43. The molecule has 2 aromatic carbocycles. The van der Waals surface area contributed by atoms with Gasteiger partial charge < -0.3 is 5.32 Å². The highest BCUT2D eigenvalue weighted by Crippen LogP contribution is 2.18. The highest BCUT2D eigenvalue weighted by atomic mass is 15.1. The molecule has 0 aliphatic heterocycles. The lowest BCUT2D eigenvalue weighted by Gasteiger charge is -2.15. The van der Waals surface area contributed by atoms with Gasteiger partial charge in [-0.2, -0.15) is 5.10 Å². The summed E-state index contributed by atoms with van der Waals surface area (Å²) in [5.74, 6) is 0. The Morgan fingerprint density at radius 2 is 2.10 bits per heavy atom. The van der Waals surface area contributed by atoms with E-state index in [1.165, 1.54) is 11.1 Å². The van der Waals surface area contributed by atoms with Crippen molar-refractivity contribution in [3.05, 3.63) is 59.8 Å². The topological polar surface area (TPSA) is 40.7 Å². The molecule has 0 radical (unpaired) electrons. The monoisotopic (exact) mass is 279 g/mol. The van der Waals surface area contributed by atoms with Crippen LogP contribution in [-0.4, -0.2) is 16.2 Å². The van der Waals surface area contributed by atoms with Crippen LogP contribution in [-0.2, 0) is 6.42 Å². The Morgan fingerprint density at radius 1 is 1.19 bits per heavy atom. The van der Waals surface area contributed by atoms with Crippen molar-refractivity contribution in [3.8, 4) is 0 Å². The fraction of sp³-hybridized carbons (Fsp3) is 0.278. The van der Waals surface area contributed by atoms with Gasteiger partial charge in [-0.3, -0.25) is 5.10 Å². The summed E-state index contributed by atoms with van der Waals surface area (Å²) in [5.41, 5.74) is 4.97. The molecular formula is C18H21N3. The molecule has 0 fully saturated rings. The number of rotatable bonds is 5. The standard InChI is InChI=1S/C18H21N3/c1-13-4-3-5-15(10-13)7-6-14(2)20-17-8-9-18-16(11-17)12-19-21-18/h3-5,8-12,14,20H,6-7H2,1-2H3,(H,19,21). The van der Waals surface area contributed by atoms with Gasteiger partial charge in [-0.1, -0.05) is 29.8 Å². The van der Waals surface area contributed by atoms with Crippen LogP contribution in [0.2, 0.25) is 0 Å². The number of anilines is 1. The van der Waals surface area contributed by atoms with E-state index >= 15 is 0 Å². The Hall–Kier alpha value is -2.29. The van der Waals surface area contributed by atoms with Crippen molar-refractivity contribution in [2.75, 3.05) is 5.32 Å². The van der Waals surface area contributed by atoms with Crippen molar-refractivity contribution in [2.24, 2.45) is 0 Å². The largest absolute Gasteiger partial charge is 0.383 e. The van der Waals surface area contributed by atoms with E-state index in [0.29, 0.717) is 6.04 Å². The summed E-state index contributed by atoms with van der Waals surface area (Å²) in [6.07, 6.45) is 4.08. The summed E-state index contributed by atoms with van der Waals surface area (Å²) in [4.78, 5) is 0. The second kappa shape index (κ2) is 6.00. The Morgan fingerprint density at radius 3 is 2.95 bits per heavy atom. The van der Waals surface area contributed by atoms with E-state index in [1.807, 2.05) is 6.20 Å². The molecule has 1 unspecified atom stereocenters. The molecule has 3 heteroatoms. The number of nitrogens with one attached hydrogen (secondary N) is 2. The maximum absolute atomic E-state index is 4.05. The lowest BCUT2D eigenvalue weighted by atomic mass is 10.0. The molecule has 108 valence electrons.